The Hall–Kier alpha value is -1.55. The fraction of sp³-hybridized carbons (Fsp3) is 0.562. The van der Waals surface area contributed by atoms with Crippen LogP contribution < -0.4 is 11.1 Å². The van der Waals surface area contributed by atoms with Gasteiger partial charge in [-0.1, -0.05) is 30.3 Å². The highest BCUT2D eigenvalue weighted by Gasteiger charge is 2.24. The van der Waals surface area contributed by atoms with E-state index in [9.17, 15) is 4.79 Å². The third kappa shape index (κ3) is 4.53. The van der Waals surface area contributed by atoms with Crippen molar-refractivity contribution >= 4 is 6.09 Å². The van der Waals surface area contributed by atoms with E-state index in [1.807, 2.05) is 30.3 Å². The standard InChI is InChI=1S/C16H24N2O2/c1-12(17)14-7-9-15(10-8-14)18-16(19)20-11-13-5-3-2-4-6-13/h2-6,12,14-15H,7-11,17H2,1H3,(H,18,19)/t12-,14?,15?/m0/s1. The van der Waals surface area contributed by atoms with Gasteiger partial charge >= 0.3 is 6.09 Å². The molecule has 0 saturated heterocycles. The third-order valence-corrected chi connectivity index (χ3v) is 4.05. The van der Waals surface area contributed by atoms with Crippen molar-refractivity contribution in [3.63, 3.8) is 0 Å². The predicted molar refractivity (Wildman–Crippen MR) is 79.2 cm³/mol. The molecule has 1 aromatic carbocycles. The molecule has 1 saturated carbocycles. The van der Waals surface area contributed by atoms with Crippen molar-refractivity contribution in [2.24, 2.45) is 11.7 Å². The molecule has 1 amide bonds. The molecule has 3 N–H and O–H groups in total. The number of rotatable bonds is 4. The monoisotopic (exact) mass is 276 g/mol. The van der Waals surface area contributed by atoms with Crippen molar-refractivity contribution < 1.29 is 9.53 Å². The lowest BCUT2D eigenvalue weighted by Crippen LogP contribution is -2.40. The van der Waals surface area contributed by atoms with Crippen LogP contribution in [0.25, 0.3) is 0 Å². The van der Waals surface area contributed by atoms with Crippen LogP contribution in [-0.4, -0.2) is 18.2 Å². The van der Waals surface area contributed by atoms with Crippen molar-refractivity contribution in [1.29, 1.82) is 0 Å². The minimum atomic E-state index is -0.321. The van der Waals surface area contributed by atoms with Gasteiger partial charge in [0, 0.05) is 12.1 Å². The molecule has 4 heteroatoms. The summed E-state index contributed by atoms with van der Waals surface area (Å²) >= 11 is 0. The van der Waals surface area contributed by atoms with E-state index in [2.05, 4.69) is 12.2 Å². The quantitative estimate of drug-likeness (QED) is 0.888. The SMILES string of the molecule is C[C@H](N)C1CCC(NC(=O)OCc2ccccc2)CC1. The Kier molecular flexibility index (Phi) is 5.41. The van der Waals surface area contributed by atoms with E-state index in [1.54, 1.807) is 0 Å². The number of nitrogens with two attached hydrogens (primary N) is 1. The van der Waals surface area contributed by atoms with Crippen LogP contribution in [0.5, 0.6) is 0 Å². The molecule has 1 atom stereocenters. The van der Waals surface area contributed by atoms with Gasteiger partial charge in [0.25, 0.3) is 0 Å². The van der Waals surface area contributed by atoms with Crippen LogP contribution in [0.3, 0.4) is 0 Å². The van der Waals surface area contributed by atoms with Crippen molar-refractivity contribution in [2.75, 3.05) is 0 Å². The zero-order chi connectivity index (χ0) is 14.4. The lowest BCUT2D eigenvalue weighted by molar-refractivity contribution is 0.130. The van der Waals surface area contributed by atoms with Crippen LogP contribution in [-0.2, 0) is 11.3 Å². The summed E-state index contributed by atoms with van der Waals surface area (Å²) in [7, 11) is 0. The van der Waals surface area contributed by atoms with Gasteiger partial charge in [-0.25, -0.2) is 4.79 Å². The normalized spacial score (nSPS) is 23.9. The number of amides is 1. The fourth-order valence-electron chi connectivity index (χ4n) is 2.72. The summed E-state index contributed by atoms with van der Waals surface area (Å²) in [4.78, 5) is 11.7. The van der Waals surface area contributed by atoms with Gasteiger partial charge in [0.2, 0.25) is 0 Å². The summed E-state index contributed by atoms with van der Waals surface area (Å²) in [6.07, 6.45) is 3.83. The molecule has 0 heterocycles. The van der Waals surface area contributed by atoms with Crippen molar-refractivity contribution in [2.45, 2.75) is 51.3 Å². The van der Waals surface area contributed by atoms with E-state index in [4.69, 9.17) is 10.5 Å². The number of carbonyl (C=O) groups excluding carboxylic acids is 1. The van der Waals surface area contributed by atoms with E-state index in [1.165, 1.54) is 0 Å². The first-order valence-electron chi connectivity index (χ1n) is 7.38. The van der Waals surface area contributed by atoms with Gasteiger partial charge in [0.1, 0.15) is 6.61 Å². The van der Waals surface area contributed by atoms with Gasteiger partial charge in [-0.2, -0.15) is 0 Å². The minimum Gasteiger partial charge on any atom is -0.445 e. The summed E-state index contributed by atoms with van der Waals surface area (Å²) < 4.78 is 5.23. The number of nitrogens with one attached hydrogen (secondary N) is 1. The average Bonchev–Trinajstić information content (AvgIpc) is 2.47. The predicted octanol–water partition coefficient (Wildman–Crippen LogP) is 2.82. The smallest absolute Gasteiger partial charge is 0.407 e. The Bertz CT molecular complexity index is 412. The molecule has 0 unspecified atom stereocenters. The van der Waals surface area contributed by atoms with E-state index in [0.717, 1.165) is 31.2 Å². The molecule has 2 rings (SSSR count). The maximum Gasteiger partial charge on any atom is 0.407 e. The second-order valence-electron chi connectivity index (χ2n) is 5.68. The Morgan fingerprint density at radius 3 is 2.55 bits per heavy atom. The molecule has 1 fully saturated rings. The second-order valence-corrected chi connectivity index (χ2v) is 5.68. The molecule has 1 aromatic rings. The Balaban J connectivity index is 1.68. The zero-order valence-corrected chi connectivity index (χ0v) is 12.0. The summed E-state index contributed by atoms with van der Waals surface area (Å²) in [5, 5.41) is 2.95. The molecule has 0 radical (unpaired) electrons. The lowest BCUT2D eigenvalue weighted by atomic mass is 9.82. The number of ether oxygens (including phenoxy) is 1. The van der Waals surface area contributed by atoms with Crippen molar-refractivity contribution in [3.05, 3.63) is 35.9 Å². The van der Waals surface area contributed by atoms with E-state index < -0.39 is 0 Å². The summed E-state index contributed by atoms with van der Waals surface area (Å²) in [6, 6.07) is 10.2. The zero-order valence-electron chi connectivity index (χ0n) is 12.0. The highest BCUT2D eigenvalue weighted by Crippen LogP contribution is 2.26. The molecule has 0 spiro atoms. The molecule has 1 aliphatic carbocycles. The Morgan fingerprint density at radius 1 is 1.30 bits per heavy atom. The first-order valence-corrected chi connectivity index (χ1v) is 7.38. The van der Waals surface area contributed by atoms with Gasteiger partial charge in [-0.3, -0.25) is 0 Å². The number of hydrogen-bond donors (Lipinski definition) is 2. The number of benzene rings is 1. The van der Waals surface area contributed by atoms with E-state index in [0.29, 0.717) is 12.5 Å². The molecule has 1 aliphatic rings. The molecular weight excluding hydrogens is 252 g/mol. The van der Waals surface area contributed by atoms with E-state index >= 15 is 0 Å². The highest BCUT2D eigenvalue weighted by atomic mass is 16.5. The van der Waals surface area contributed by atoms with E-state index in [-0.39, 0.29) is 18.2 Å². The fourth-order valence-corrected chi connectivity index (χ4v) is 2.72. The van der Waals surface area contributed by atoms with Gasteiger partial charge < -0.3 is 15.8 Å². The highest BCUT2D eigenvalue weighted by molar-refractivity contribution is 5.67. The van der Waals surface area contributed by atoms with Crippen LogP contribution >= 0.6 is 0 Å². The number of carbonyl (C=O) groups is 1. The maximum atomic E-state index is 11.7. The molecular formula is C16H24N2O2. The van der Waals surface area contributed by atoms with Crippen LogP contribution in [0.4, 0.5) is 4.79 Å². The molecule has 110 valence electrons. The van der Waals surface area contributed by atoms with Crippen LogP contribution in [0.1, 0.15) is 38.2 Å². The van der Waals surface area contributed by atoms with Gasteiger partial charge in [-0.15, -0.1) is 0 Å². The first kappa shape index (κ1) is 14.9. The Labute approximate surface area is 120 Å². The topological polar surface area (TPSA) is 64.3 Å². The summed E-state index contributed by atoms with van der Waals surface area (Å²) in [6.45, 7) is 2.38. The van der Waals surface area contributed by atoms with Crippen LogP contribution in [0.2, 0.25) is 0 Å². The average molecular weight is 276 g/mol. The molecule has 0 bridgehead atoms. The number of hydrogen-bond acceptors (Lipinski definition) is 3. The summed E-state index contributed by atoms with van der Waals surface area (Å²) in [5.74, 6) is 0.591. The minimum absolute atomic E-state index is 0.230. The Morgan fingerprint density at radius 2 is 1.95 bits per heavy atom. The third-order valence-electron chi connectivity index (χ3n) is 4.05. The molecule has 0 aliphatic heterocycles. The largest absolute Gasteiger partial charge is 0.445 e. The maximum absolute atomic E-state index is 11.7. The van der Waals surface area contributed by atoms with Crippen molar-refractivity contribution in [3.8, 4) is 0 Å². The van der Waals surface area contributed by atoms with Gasteiger partial charge in [-0.05, 0) is 44.1 Å². The van der Waals surface area contributed by atoms with Crippen LogP contribution in [0.15, 0.2) is 30.3 Å². The molecule has 20 heavy (non-hydrogen) atoms. The first-order chi connectivity index (χ1) is 9.65. The van der Waals surface area contributed by atoms with Crippen molar-refractivity contribution in [1.82, 2.24) is 5.32 Å². The van der Waals surface area contributed by atoms with Crippen LogP contribution in [0, 0.1) is 5.92 Å². The number of alkyl carbamates (subject to hydrolysis) is 1. The molecule has 4 nitrogen and oxygen atoms in total. The molecule has 0 aromatic heterocycles. The summed E-state index contributed by atoms with van der Waals surface area (Å²) in [5.41, 5.74) is 6.92. The second kappa shape index (κ2) is 7.29. The van der Waals surface area contributed by atoms with Gasteiger partial charge in [0.15, 0.2) is 0 Å². The lowest BCUT2D eigenvalue weighted by Gasteiger charge is -2.30. The van der Waals surface area contributed by atoms with Gasteiger partial charge in [0.05, 0.1) is 0 Å².